The Balaban J connectivity index is 1.70. The molecule has 0 amide bonds. The van der Waals surface area contributed by atoms with Crippen LogP contribution in [0.25, 0.3) is 10.6 Å². The molecule has 5 heteroatoms. The average molecular weight is 363 g/mol. The molecular formula is C16H12BrFN2S. The predicted octanol–water partition coefficient (Wildman–Crippen LogP) is 5.32. The number of rotatable bonds is 4. The minimum Gasteiger partial charge on any atom is -0.381 e. The van der Waals surface area contributed by atoms with Crippen molar-refractivity contribution in [1.29, 1.82) is 0 Å². The first-order valence-corrected chi connectivity index (χ1v) is 8.07. The molecule has 21 heavy (non-hydrogen) atoms. The molecule has 0 saturated heterocycles. The fourth-order valence-electron chi connectivity index (χ4n) is 1.97. The first-order valence-electron chi connectivity index (χ1n) is 6.40. The van der Waals surface area contributed by atoms with Crippen molar-refractivity contribution >= 4 is 33.0 Å². The molecule has 3 rings (SSSR count). The molecule has 0 spiro atoms. The van der Waals surface area contributed by atoms with Crippen LogP contribution in [-0.4, -0.2) is 4.98 Å². The molecule has 1 heterocycles. The second-order valence-corrected chi connectivity index (χ2v) is 6.25. The highest BCUT2D eigenvalue weighted by Gasteiger charge is 2.03. The maximum Gasteiger partial charge on any atom is 0.123 e. The van der Waals surface area contributed by atoms with E-state index in [4.69, 9.17) is 0 Å². The monoisotopic (exact) mass is 362 g/mol. The standard InChI is InChI=1S/C16H12BrFN2S/c17-15-6-3-13(18)9-12(15)10-20-14-4-1-11(2-5-14)16-19-7-8-21-16/h1-9,20H,10H2. The summed E-state index contributed by atoms with van der Waals surface area (Å²) in [5.41, 5.74) is 2.98. The van der Waals surface area contributed by atoms with Gasteiger partial charge in [-0.15, -0.1) is 11.3 Å². The van der Waals surface area contributed by atoms with Gasteiger partial charge in [0.15, 0.2) is 0 Å². The van der Waals surface area contributed by atoms with Crippen molar-refractivity contribution < 1.29 is 4.39 Å². The van der Waals surface area contributed by atoms with E-state index in [9.17, 15) is 4.39 Å². The number of nitrogens with zero attached hydrogens (tertiary/aromatic N) is 1. The van der Waals surface area contributed by atoms with Crippen LogP contribution in [0.1, 0.15) is 5.56 Å². The van der Waals surface area contributed by atoms with E-state index in [0.717, 1.165) is 26.3 Å². The summed E-state index contributed by atoms with van der Waals surface area (Å²) in [6.07, 6.45) is 1.80. The quantitative estimate of drug-likeness (QED) is 0.678. The third kappa shape index (κ3) is 3.49. The van der Waals surface area contributed by atoms with Crippen LogP contribution >= 0.6 is 27.3 Å². The molecule has 1 N–H and O–H groups in total. The zero-order chi connectivity index (χ0) is 14.7. The molecule has 0 radical (unpaired) electrons. The van der Waals surface area contributed by atoms with Crippen LogP contribution in [0.3, 0.4) is 0 Å². The fourth-order valence-corrected chi connectivity index (χ4v) is 3.00. The highest BCUT2D eigenvalue weighted by molar-refractivity contribution is 9.10. The number of hydrogen-bond acceptors (Lipinski definition) is 3. The van der Waals surface area contributed by atoms with E-state index in [-0.39, 0.29) is 5.82 Å². The van der Waals surface area contributed by atoms with Crippen molar-refractivity contribution in [2.45, 2.75) is 6.54 Å². The predicted molar refractivity (Wildman–Crippen MR) is 89.0 cm³/mol. The Kier molecular flexibility index (Phi) is 4.31. The lowest BCUT2D eigenvalue weighted by molar-refractivity contribution is 0.625. The van der Waals surface area contributed by atoms with Gasteiger partial charge in [-0.3, -0.25) is 0 Å². The maximum absolute atomic E-state index is 13.2. The lowest BCUT2D eigenvalue weighted by Crippen LogP contribution is -2.00. The van der Waals surface area contributed by atoms with Gasteiger partial charge in [-0.25, -0.2) is 9.37 Å². The Morgan fingerprint density at radius 2 is 1.95 bits per heavy atom. The zero-order valence-electron chi connectivity index (χ0n) is 11.0. The van der Waals surface area contributed by atoms with E-state index in [2.05, 4.69) is 26.2 Å². The average Bonchev–Trinajstić information content (AvgIpc) is 3.03. The largest absolute Gasteiger partial charge is 0.381 e. The van der Waals surface area contributed by atoms with Gasteiger partial charge in [0.05, 0.1) is 0 Å². The van der Waals surface area contributed by atoms with Crippen LogP contribution in [0.2, 0.25) is 0 Å². The summed E-state index contributed by atoms with van der Waals surface area (Å²) < 4.78 is 14.1. The lowest BCUT2D eigenvalue weighted by Gasteiger charge is -2.09. The normalized spacial score (nSPS) is 10.6. The van der Waals surface area contributed by atoms with Gasteiger partial charge in [0, 0.05) is 33.8 Å². The molecule has 0 unspecified atom stereocenters. The number of benzene rings is 2. The van der Waals surface area contributed by atoms with Gasteiger partial charge in [0.2, 0.25) is 0 Å². The second kappa shape index (κ2) is 6.37. The summed E-state index contributed by atoms with van der Waals surface area (Å²) >= 11 is 5.04. The van der Waals surface area contributed by atoms with E-state index < -0.39 is 0 Å². The van der Waals surface area contributed by atoms with Gasteiger partial charge in [0.1, 0.15) is 10.8 Å². The SMILES string of the molecule is Fc1ccc(Br)c(CNc2ccc(-c3nccs3)cc2)c1. The lowest BCUT2D eigenvalue weighted by atomic mass is 10.2. The van der Waals surface area contributed by atoms with E-state index >= 15 is 0 Å². The first kappa shape index (κ1) is 14.2. The second-order valence-electron chi connectivity index (χ2n) is 4.50. The number of anilines is 1. The Morgan fingerprint density at radius 3 is 2.67 bits per heavy atom. The van der Waals surface area contributed by atoms with Crippen molar-refractivity contribution in [3.8, 4) is 10.6 Å². The summed E-state index contributed by atoms with van der Waals surface area (Å²) in [6, 6.07) is 12.8. The number of nitrogens with one attached hydrogen (secondary N) is 1. The van der Waals surface area contributed by atoms with Gasteiger partial charge in [-0.2, -0.15) is 0 Å². The minimum absolute atomic E-state index is 0.228. The van der Waals surface area contributed by atoms with Crippen molar-refractivity contribution in [2.24, 2.45) is 0 Å². The molecule has 0 bridgehead atoms. The molecular weight excluding hydrogens is 351 g/mol. The summed E-state index contributed by atoms with van der Waals surface area (Å²) in [5, 5.41) is 6.26. The van der Waals surface area contributed by atoms with Gasteiger partial charge in [-0.05, 0) is 48.0 Å². The number of hydrogen-bond donors (Lipinski definition) is 1. The molecule has 0 fully saturated rings. The number of halogens is 2. The molecule has 0 aliphatic carbocycles. The number of aromatic nitrogens is 1. The Labute approximate surface area is 134 Å². The molecule has 3 aromatic rings. The Morgan fingerprint density at radius 1 is 1.14 bits per heavy atom. The van der Waals surface area contributed by atoms with Crippen molar-refractivity contribution in [3.63, 3.8) is 0 Å². The summed E-state index contributed by atoms with van der Waals surface area (Å²) in [6.45, 7) is 0.564. The van der Waals surface area contributed by atoms with Gasteiger partial charge >= 0.3 is 0 Å². The molecule has 1 aromatic heterocycles. The molecule has 106 valence electrons. The maximum atomic E-state index is 13.2. The van der Waals surface area contributed by atoms with Gasteiger partial charge in [0.25, 0.3) is 0 Å². The molecule has 0 atom stereocenters. The van der Waals surface area contributed by atoms with Crippen LogP contribution < -0.4 is 5.32 Å². The van der Waals surface area contributed by atoms with E-state index in [1.165, 1.54) is 12.1 Å². The molecule has 0 saturated carbocycles. The van der Waals surface area contributed by atoms with E-state index in [1.807, 2.05) is 29.6 Å². The molecule has 2 aromatic carbocycles. The van der Waals surface area contributed by atoms with Crippen LogP contribution in [0.5, 0.6) is 0 Å². The van der Waals surface area contributed by atoms with E-state index in [0.29, 0.717) is 6.54 Å². The van der Waals surface area contributed by atoms with Crippen molar-refractivity contribution in [1.82, 2.24) is 4.98 Å². The number of thiazole rings is 1. The minimum atomic E-state index is -0.228. The Bertz CT molecular complexity index is 727. The van der Waals surface area contributed by atoms with Crippen LogP contribution in [0, 0.1) is 5.82 Å². The zero-order valence-corrected chi connectivity index (χ0v) is 13.4. The third-order valence-electron chi connectivity index (χ3n) is 3.05. The Hall–Kier alpha value is -1.72. The summed E-state index contributed by atoms with van der Waals surface area (Å²) in [7, 11) is 0. The third-order valence-corrected chi connectivity index (χ3v) is 4.65. The molecule has 0 aliphatic heterocycles. The first-order chi connectivity index (χ1) is 10.2. The van der Waals surface area contributed by atoms with E-state index in [1.54, 1.807) is 23.6 Å². The highest BCUT2D eigenvalue weighted by Crippen LogP contribution is 2.24. The smallest absolute Gasteiger partial charge is 0.123 e. The topological polar surface area (TPSA) is 24.9 Å². The fraction of sp³-hybridized carbons (Fsp3) is 0.0625. The van der Waals surface area contributed by atoms with Crippen LogP contribution in [0.4, 0.5) is 10.1 Å². The van der Waals surface area contributed by atoms with Gasteiger partial charge < -0.3 is 5.32 Å². The van der Waals surface area contributed by atoms with Crippen LogP contribution in [-0.2, 0) is 6.54 Å². The van der Waals surface area contributed by atoms with Gasteiger partial charge in [-0.1, -0.05) is 15.9 Å². The molecule has 0 aliphatic rings. The van der Waals surface area contributed by atoms with Crippen molar-refractivity contribution in [3.05, 3.63) is 69.9 Å². The summed E-state index contributed by atoms with van der Waals surface area (Å²) in [5.74, 6) is -0.228. The van der Waals surface area contributed by atoms with Crippen molar-refractivity contribution in [2.75, 3.05) is 5.32 Å². The highest BCUT2D eigenvalue weighted by atomic mass is 79.9. The summed E-state index contributed by atoms with van der Waals surface area (Å²) in [4.78, 5) is 4.28. The molecule has 2 nitrogen and oxygen atoms in total. The van der Waals surface area contributed by atoms with Crippen LogP contribution in [0.15, 0.2) is 58.5 Å².